The molecule has 1 unspecified atom stereocenters. The number of methoxy groups -OCH3 is 1. The largest absolute Gasteiger partial charge is 0.493 e. The molecule has 8 heterocycles. The fourth-order valence-electron chi connectivity index (χ4n) is 9.54. The number of nitrogens with zero attached hydrogens (tertiary/aromatic N) is 3. The van der Waals surface area contributed by atoms with Crippen molar-refractivity contribution in [3.8, 4) is 39.8 Å². The number of benzene rings is 2. The van der Waals surface area contributed by atoms with Gasteiger partial charge in [0.05, 0.1) is 89.5 Å². The van der Waals surface area contributed by atoms with Crippen LogP contribution in [0.15, 0.2) is 73.3 Å². The lowest BCUT2D eigenvalue weighted by Crippen LogP contribution is -2.46. The zero-order chi connectivity index (χ0) is 50.3. The smallest absolute Gasteiger partial charge is 0.255 e. The molecule has 2 aromatic carbocycles. The molecule has 0 saturated carbocycles. The third-order valence-electron chi connectivity index (χ3n) is 13.7. The molecule has 7 N–H and O–H groups in total. The van der Waals surface area contributed by atoms with Gasteiger partial charge in [0.25, 0.3) is 11.8 Å². The summed E-state index contributed by atoms with van der Waals surface area (Å²) in [5, 5.41) is 23.6. The van der Waals surface area contributed by atoms with E-state index in [2.05, 4.69) is 60.1 Å². The number of rotatable bonds is 15. The minimum absolute atomic E-state index is 0.000195. The number of aromatic amines is 2. The highest BCUT2D eigenvalue weighted by Gasteiger charge is 2.35. The van der Waals surface area contributed by atoms with Gasteiger partial charge in [-0.05, 0) is 81.6 Å². The van der Waals surface area contributed by atoms with Crippen molar-refractivity contribution in [1.82, 2.24) is 35.5 Å². The molecular weight excluding hydrogens is 962 g/mol. The Bertz CT molecular complexity index is 2890. The Morgan fingerprint density at radius 2 is 1.46 bits per heavy atom. The first kappa shape index (κ1) is 50.6. The fraction of sp³-hybridized carbons (Fsp3) is 0.396. The van der Waals surface area contributed by atoms with Crippen molar-refractivity contribution >= 4 is 57.8 Å². The summed E-state index contributed by atoms with van der Waals surface area (Å²) in [5.74, 6) is 1.43. The van der Waals surface area contributed by atoms with Crippen LogP contribution < -0.4 is 35.5 Å². The Morgan fingerprint density at radius 3 is 2.12 bits per heavy atom. The molecule has 0 radical (unpaired) electrons. The highest BCUT2D eigenvalue weighted by atomic mass is 35.5. The van der Waals surface area contributed by atoms with Gasteiger partial charge in [-0.25, -0.2) is 0 Å². The van der Waals surface area contributed by atoms with Crippen molar-refractivity contribution in [2.24, 2.45) is 0 Å². The monoisotopic (exact) mass is 1020 g/mol. The van der Waals surface area contributed by atoms with Crippen LogP contribution in [0.5, 0.6) is 17.2 Å². The Balaban J connectivity index is 0.000000179. The molecule has 4 aliphatic rings. The number of H-pyrrole nitrogens is 2. The number of likely N-dealkylation sites (N-methyl/N-ethyl adjacent to an activating group) is 1. The van der Waals surface area contributed by atoms with E-state index in [1.54, 1.807) is 38.0 Å². The molecule has 380 valence electrons. The summed E-state index contributed by atoms with van der Waals surface area (Å²) in [6.07, 6.45) is 10.6. The molecule has 6 aromatic rings. The number of carbonyl (C=O) groups excluding carboxylic acids is 2. The number of fused-ring (bicyclic) bond motifs is 2. The van der Waals surface area contributed by atoms with Crippen LogP contribution in [0.2, 0.25) is 10.0 Å². The van der Waals surface area contributed by atoms with Gasteiger partial charge in [-0.15, -0.1) is 0 Å². The Morgan fingerprint density at radius 1 is 0.819 bits per heavy atom. The van der Waals surface area contributed by atoms with E-state index < -0.39 is 0 Å². The maximum Gasteiger partial charge on any atom is 0.255 e. The fourth-order valence-corrected chi connectivity index (χ4v) is 9.96. The predicted octanol–water partition coefficient (Wildman–Crippen LogP) is 8.98. The number of hydrogen-bond acceptors (Lipinski definition) is 13. The number of para-hydroxylation sites is 1. The molecule has 2 saturated heterocycles. The second-order valence-electron chi connectivity index (χ2n) is 18.4. The summed E-state index contributed by atoms with van der Waals surface area (Å²) in [4.78, 5) is 44.0. The van der Waals surface area contributed by atoms with Crippen molar-refractivity contribution in [2.75, 3.05) is 84.1 Å². The number of pyridine rings is 2. The van der Waals surface area contributed by atoms with Crippen molar-refractivity contribution < 1.29 is 38.4 Å². The summed E-state index contributed by atoms with van der Waals surface area (Å²) in [6, 6.07) is 15.0. The second kappa shape index (κ2) is 23.0. The van der Waals surface area contributed by atoms with Gasteiger partial charge in [-0.3, -0.25) is 24.5 Å². The number of carbonyl (C=O) groups is 2. The Labute approximate surface area is 428 Å². The summed E-state index contributed by atoms with van der Waals surface area (Å²) < 4.78 is 29.5. The van der Waals surface area contributed by atoms with Crippen LogP contribution in [-0.2, 0) is 9.47 Å². The average Bonchev–Trinajstić information content (AvgIpc) is 3.97. The normalized spacial score (nSPS) is 19.7. The van der Waals surface area contributed by atoms with Crippen molar-refractivity contribution in [1.29, 1.82) is 0 Å². The van der Waals surface area contributed by atoms with E-state index in [4.69, 9.17) is 46.9 Å². The molecule has 0 bridgehead atoms. The predicted molar refractivity (Wildman–Crippen MR) is 278 cm³/mol. The van der Waals surface area contributed by atoms with Crippen LogP contribution in [0.1, 0.15) is 82.1 Å². The van der Waals surface area contributed by atoms with Crippen LogP contribution in [-0.4, -0.2) is 127 Å². The standard InChI is InChI=1S/C27H32ClN5O5.C26H29ClN4O3/c1-33-9-11-37-14-17(33)15-38-21-13-29-8-6-18(21)24-25(31-20-5-3-4-19(28)26(20)36-2)22-23(32-24)16(7-10-34)12-30-27(22)35;1-15-12-29-26(32)22-23(15)31-24(25(22)30-20-8-5-7-19(27)16(20)2)18-9-10-28-13-21(18)34-14-17-6-3-4-11-33-17/h3-6,8,13,16-17,31-32,34H,7,9-12,14-15H2,1-2H3,(H,30,35);5,7-10,13,15,17,30-31H,3-4,6,11-12,14H2,1-2H3,(H,29,32)/t16-,17+;15-,17?/m11/s1. The SMILES string of the molecule is COc1c(Cl)cccc1Nc1c(-c2ccncc2OC[C@@H]2COCCN2C)[nH]c2c1C(=O)NC[C@H]2CCO.Cc1c(Cl)cccc1Nc1c(-c2ccncc2OCC2CCCCO2)[nH]c2c1C(=O)NC[C@H]2C. The van der Waals surface area contributed by atoms with E-state index in [9.17, 15) is 14.7 Å². The molecule has 10 rings (SSSR count). The van der Waals surface area contributed by atoms with Gasteiger partial charge in [0, 0.05) is 90.3 Å². The summed E-state index contributed by atoms with van der Waals surface area (Å²) in [7, 11) is 3.60. The number of halogens is 2. The van der Waals surface area contributed by atoms with Gasteiger partial charge in [-0.2, -0.15) is 0 Å². The van der Waals surface area contributed by atoms with E-state index >= 15 is 0 Å². The van der Waals surface area contributed by atoms with E-state index in [0.717, 1.165) is 71.9 Å². The second-order valence-corrected chi connectivity index (χ2v) is 19.2. The van der Waals surface area contributed by atoms with Gasteiger partial charge in [0.1, 0.15) is 24.7 Å². The van der Waals surface area contributed by atoms with Crippen molar-refractivity contribution in [3.63, 3.8) is 0 Å². The minimum Gasteiger partial charge on any atom is -0.493 e. The number of hydrogen-bond donors (Lipinski definition) is 7. The molecule has 72 heavy (non-hydrogen) atoms. The first-order valence-electron chi connectivity index (χ1n) is 24.4. The number of aromatic nitrogens is 4. The summed E-state index contributed by atoms with van der Waals surface area (Å²) in [5.41, 5.74) is 9.42. The Kier molecular flexibility index (Phi) is 16.2. The summed E-state index contributed by atoms with van der Waals surface area (Å²) >= 11 is 12.8. The lowest BCUT2D eigenvalue weighted by molar-refractivity contribution is -0.0110. The van der Waals surface area contributed by atoms with Gasteiger partial charge in [-0.1, -0.05) is 42.3 Å². The van der Waals surface area contributed by atoms with Crippen LogP contribution in [0.3, 0.4) is 0 Å². The number of ether oxygens (including phenoxy) is 5. The molecule has 0 aliphatic carbocycles. The van der Waals surface area contributed by atoms with E-state index in [1.807, 2.05) is 49.4 Å². The topological polar surface area (TPSA) is 209 Å². The minimum atomic E-state index is -0.210. The van der Waals surface area contributed by atoms with E-state index in [0.29, 0.717) is 107 Å². The van der Waals surface area contributed by atoms with Crippen LogP contribution in [0, 0.1) is 6.92 Å². The number of morpholine rings is 1. The maximum absolute atomic E-state index is 13.2. The first-order valence-corrected chi connectivity index (χ1v) is 25.1. The lowest BCUT2D eigenvalue weighted by atomic mass is 9.94. The van der Waals surface area contributed by atoms with Gasteiger partial charge < -0.3 is 60.0 Å². The maximum atomic E-state index is 13.2. The average molecular weight is 1020 g/mol. The number of amides is 2. The molecule has 17 nitrogen and oxygen atoms in total. The molecule has 4 aromatic heterocycles. The first-order chi connectivity index (χ1) is 35.0. The number of aliphatic hydroxyl groups is 1. The van der Waals surface area contributed by atoms with Gasteiger partial charge >= 0.3 is 0 Å². The van der Waals surface area contributed by atoms with Crippen molar-refractivity contribution in [3.05, 3.63) is 111 Å². The highest BCUT2D eigenvalue weighted by Crippen LogP contribution is 2.46. The van der Waals surface area contributed by atoms with E-state index in [1.165, 1.54) is 0 Å². The van der Waals surface area contributed by atoms with Crippen LogP contribution >= 0.6 is 23.2 Å². The molecule has 2 amide bonds. The number of nitrogens with one attached hydrogen (secondary N) is 6. The van der Waals surface area contributed by atoms with Crippen LogP contribution in [0.4, 0.5) is 22.7 Å². The quantitative estimate of drug-likeness (QED) is 0.0513. The molecule has 4 aliphatic heterocycles. The van der Waals surface area contributed by atoms with Gasteiger partial charge in [0.15, 0.2) is 5.75 Å². The Hall–Kier alpha value is -6.34. The van der Waals surface area contributed by atoms with Crippen LogP contribution in [0.25, 0.3) is 22.5 Å². The van der Waals surface area contributed by atoms with Crippen molar-refractivity contribution in [2.45, 2.75) is 63.5 Å². The third kappa shape index (κ3) is 10.9. The number of aliphatic hydroxyl groups excluding tert-OH is 1. The molecule has 19 heteroatoms. The third-order valence-corrected chi connectivity index (χ3v) is 14.4. The zero-order valence-corrected chi connectivity index (χ0v) is 42.3. The molecule has 4 atom stereocenters. The molecule has 0 spiro atoms. The summed E-state index contributed by atoms with van der Waals surface area (Å²) in [6.45, 7) is 8.87. The number of anilines is 4. The van der Waals surface area contributed by atoms with E-state index in [-0.39, 0.29) is 42.4 Å². The zero-order valence-electron chi connectivity index (χ0n) is 40.8. The molecule has 2 fully saturated rings. The van der Waals surface area contributed by atoms with Gasteiger partial charge in [0.2, 0.25) is 0 Å². The lowest BCUT2D eigenvalue weighted by Gasteiger charge is -2.32. The molecular formula is C53H61Cl2N9O8. The highest BCUT2D eigenvalue weighted by molar-refractivity contribution is 6.32.